The van der Waals surface area contributed by atoms with E-state index in [9.17, 15) is 15.0 Å². The van der Waals surface area contributed by atoms with Gasteiger partial charge in [0.05, 0.1) is 6.10 Å². The smallest absolute Gasteiger partial charge is 0.243 e. The molecule has 36 heavy (non-hydrogen) atoms. The monoisotopic (exact) mass is 486 g/mol. The fraction of sp³-hybridized carbons (Fsp3) is 0.300. The predicted molar refractivity (Wildman–Crippen MR) is 142 cm³/mol. The molecule has 1 aliphatic heterocycles. The number of hydrogen-bond acceptors (Lipinski definition) is 5. The van der Waals surface area contributed by atoms with Crippen molar-refractivity contribution in [3.05, 3.63) is 102 Å². The Morgan fingerprint density at radius 1 is 0.944 bits per heavy atom. The highest BCUT2D eigenvalue weighted by Gasteiger charge is 2.24. The number of carbonyl (C=O) groups excluding carboxylic acids is 1. The first kappa shape index (κ1) is 25.5. The first-order valence-electron chi connectivity index (χ1n) is 12.5. The number of rotatable bonds is 10. The summed E-state index contributed by atoms with van der Waals surface area (Å²) in [6.07, 6.45) is 6.06. The van der Waals surface area contributed by atoms with Gasteiger partial charge in [-0.3, -0.25) is 4.79 Å². The molecule has 1 heterocycles. The van der Waals surface area contributed by atoms with Crippen molar-refractivity contribution in [2.75, 3.05) is 26.2 Å². The van der Waals surface area contributed by atoms with Crippen molar-refractivity contribution in [2.24, 2.45) is 0 Å². The number of piperidine rings is 1. The van der Waals surface area contributed by atoms with Gasteiger partial charge in [0.2, 0.25) is 5.91 Å². The summed E-state index contributed by atoms with van der Waals surface area (Å²) >= 11 is 0. The summed E-state index contributed by atoms with van der Waals surface area (Å²) in [6.45, 7) is 3.51. The van der Waals surface area contributed by atoms with Gasteiger partial charge in [0.25, 0.3) is 0 Å². The zero-order chi connectivity index (χ0) is 25.2. The fourth-order valence-corrected chi connectivity index (χ4v) is 4.46. The molecule has 0 spiro atoms. The highest BCUT2D eigenvalue weighted by molar-refractivity contribution is 5.91. The number of phenolic OH excluding ortho intramolecular Hbond substituents is 2. The number of likely N-dealkylation sites (tertiary alicyclic amines) is 1. The Kier molecular flexibility index (Phi) is 9.14. The number of ether oxygens (including phenoxy) is 1. The number of amides is 1. The van der Waals surface area contributed by atoms with Gasteiger partial charge in [-0.05, 0) is 60.7 Å². The summed E-state index contributed by atoms with van der Waals surface area (Å²) in [5.74, 6) is -0.565. The number of hydrogen-bond donors (Lipinski definition) is 3. The van der Waals surface area contributed by atoms with Gasteiger partial charge in [0.15, 0.2) is 11.5 Å². The zero-order valence-electron chi connectivity index (χ0n) is 20.4. The molecule has 3 aromatic rings. The van der Waals surface area contributed by atoms with E-state index >= 15 is 0 Å². The molecular weight excluding hydrogens is 452 g/mol. The third kappa shape index (κ3) is 7.44. The molecule has 0 unspecified atom stereocenters. The summed E-state index contributed by atoms with van der Waals surface area (Å²) < 4.78 is 6.63. The van der Waals surface area contributed by atoms with E-state index in [4.69, 9.17) is 4.74 Å². The summed E-state index contributed by atoms with van der Waals surface area (Å²) in [5.41, 5.74) is 3.00. The molecule has 3 aromatic carbocycles. The normalized spacial score (nSPS) is 14.9. The fourth-order valence-electron chi connectivity index (χ4n) is 4.46. The van der Waals surface area contributed by atoms with Crippen LogP contribution < -0.4 is 5.32 Å². The van der Waals surface area contributed by atoms with Gasteiger partial charge in [0, 0.05) is 25.7 Å². The highest BCUT2D eigenvalue weighted by Crippen LogP contribution is 2.30. The summed E-state index contributed by atoms with van der Waals surface area (Å²) in [6, 6.07) is 25.3. The minimum atomic E-state index is -0.206. The zero-order valence-corrected chi connectivity index (χ0v) is 20.4. The van der Waals surface area contributed by atoms with E-state index in [2.05, 4.69) is 58.7 Å². The van der Waals surface area contributed by atoms with Crippen molar-refractivity contribution in [2.45, 2.75) is 31.5 Å². The van der Waals surface area contributed by atoms with Crippen LogP contribution in [0.25, 0.3) is 6.08 Å². The largest absolute Gasteiger partial charge is 0.504 e. The maximum atomic E-state index is 12.1. The van der Waals surface area contributed by atoms with Crippen LogP contribution in [0.2, 0.25) is 0 Å². The topological polar surface area (TPSA) is 82.0 Å². The Bertz CT molecular complexity index is 1090. The second-order valence-electron chi connectivity index (χ2n) is 9.10. The van der Waals surface area contributed by atoms with Gasteiger partial charge in [0.1, 0.15) is 6.10 Å². The van der Waals surface area contributed by atoms with Crippen LogP contribution in [-0.2, 0) is 9.53 Å². The third-order valence-corrected chi connectivity index (χ3v) is 6.44. The van der Waals surface area contributed by atoms with E-state index in [1.165, 1.54) is 29.3 Å². The number of nitrogens with one attached hydrogen (secondary N) is 1. The minimum absolute atomic E-state index is 0.0576. The van der Waals surface area contributed by atoms with Crippen molar-refractivity contribution in [3.63, 3.8) is 0 Å². The molecule has 3 N–H and O–H groups in total. The molecule has 0 saturated carbocycles. The summed E-state index contributed by atoms with van der Waals surface area (Å²) in [4.78, 5) is 14.5. The van der Waals surface area contributed by atoms with Crippen molar-refractivity contribution < 1.29 is 19.7 Å². The number of nitrogens with zero attached hydrogens (tertiary/aromatic N) is 1. The van der Waals surface area contributed by atoms with E-state index in [-0.39, 0.29) is 29.6 Å². The van der Waals surface area contributed by atoms with Crippen molar-refractivity contribution >= 4 is 12.0 Å². The first-order chi connectivity index (χ1) is 17.6. The van der Waals surface area contributed by atoms with Crippen LogP contribution in [0.3, 0.4) is 0 Å². The second-order valence-corrected chi connectivity index (χ2v) is 9.10. The lowest BCUT2D eigenvalue weighted by atomic mass is 10.00. The Balaban J connectivity index is 1.18. The van der Waals surface area contributed by atoms with Gasteiger partial charge >= 0.3 is 0 Å². The van der Waals surface area contributed by atoms with Gasteiger partial charge in [-0.15, -0.1) is 0 Å². The van der Waals surface area contributed by atoms with Gasteiger partial charge in [-0.2, -0.15) is 0 Å². The Morgan fingerprint density at radius 3 is 2.19 bits per heavy atom. The maximum Gasteiger partial charge on any atom is 0.243 e. The minimum Gasteiger partial charge on any atom is -0.504 e. The van der Waals surface area contributed by atoms with Crippen LogP contribution in [-0.4, -0.2) is 53.3 Å². The van der Waals surface area contributed by atoms with E-state index in [1.807, 2.05) is 12.1 Å². The molecule has 0 aliphatic carbocycles. The number of aromatic hydroxyl groups is 2. The Labute approximate surface area is 212 Å². The van der Waals surface area contributed by atoms with Crippen LogP contribution in [0, 0.1) is 0 Å². The maximum absolute atomic E-state index is 12.1. The van der Waals surface area contributed by atoms with Gasteiger partial charge < -0.3 is 25.2 Å². The molecule has 0 bridgehead atoms. The van der Waals surface area contributed by atoms with E-state index in [1.54, 1.807) is 12.1 Å². The third-order valence-electron chi connectivity index (χ3n) is 6.44. The van der Waals surface area contributed by atoms with Gasteiger partial charge in [-0.25, -0.2) is 0 Å². The number of carbonyl (C=O) groups is 1. The molecular formula is C30H34N2O4. The van der Waals surface area contributed by atoms with Crippen LogP contribution in [0.5, 0.6) is 11.5 Å². The van der Waals surface area contributed by atoms with E-state index in [0.29, 0.717) is 12.1 Å². The lowest BCUT2D eigenvalue weighted by Crippen LogP contribution is -2.39. The average molecular weight is 487 g/mol. The molecule has 0 atom stereocenters. The number of phenols is 2. The predicted octanol–water partition coefficient (Wildman–Crippen LogP) is 4.89. The lowest BCUT2D eigenvalue weighted by molar-refractivity contribution is -0.116. The molecule has 6 heteroatoms. The van der Waals surface area contributed by atoms with E-state index < -0.39 is 0 Å². The van der Waals surface area contributed by atoms with Crippen molar-refractivity contribution in [1.82, 2.24) is 10.2 Å². The SMILES string of the molecule is O=C(C=Cc1ccc(O)c(O)c1)NCCCN1CCC(OC(c2ccccc2)c2ccccc2)CC1. The highest BCUT2D eigenvalue weighted by atomic mass is 16.5. The molecule has 0 aromatic heterocycles. The van der Waals surface area contributed by atoms with Crippen LogP contribution >= 0.6 is 0 Å². The lowest BCUT2D eigenvalue weighted by Gasteiger charge is -2.34. The standard InChI is InChI=1S/C30H34N2O4/c33-27-14-12-23(22-28(27)34)13-15-29(35)31-18-7-19-32-20-16-26(17-21-32)36-30(24-8-3-1-4-9-24)25-10-5-2-6-11-25/h1-6,8-15,22,26,30,33-34H,7,16-21H2,(H,31,35). The van der Waals surface area contributed by atoms with Crippen LogP contribution in [0.15, 0.2) is 84.9 Å². The molecule has 1 saturated heterocycles. The first-order valence-corrected chi connectivity index (χ1v) is 12.5. The quantitative estimate of drug-likeness (QED) is 0.216. The number of benzene rings is 3. The summed E-state index contributed by atoms with van der Waals surface area (Å²) in [7, 11) is 0. The molecule has 0 radical (unpaired) electrons. The van der Waals surface area contributed by atoms with E-state index in [0.717, 1.165) is 38.9 Å². The van der Waals surface area contributed by atoms with Crippen molar-refractivity contribution in [3.8, 4) is 11.5 Å². The Hall–Kier alpha value is -3.61. The van der Waals surface area contributed by atoms with Crippen LogP contribution in [0.1, 0.15) is 42.1 Å². The summed E-state index contributed by atoms with van der Waals surface area (Å²) in [5, 5.41) is 21.8. The Morgan fingerprint density at radius 2 is 1.58 bits per heavy atom. The molecule has 4 rings (SSSR count). The molecule has 6 nitrogen and oxygen atoms in total. The molecule has 1 fully saturated rings. The molecule has 1 aliphatic rings. The average Bonchev–Trinajstić information content (AvgIpc) is 2.92. The molecule has 1 amide bonds. The second kappa shape index (κ2) is 12.9. The van der Waals surface area contributed by atoms with Crippen LogP contribution in [0.4, 0.5) is 0 Å². The molecule has 188 valence electrons. The van der Waals surface area contributed by atoms with Gasteiger partial charge in [-0.1, -0.05) is 66.7 Å². The van der Waals surface area contributed by atoms with Crippen molar-refractivity contribution in [1.29, 1.82) is 0 Å².